The van der Waals surface area contributed by atoms with Gasteiger partial charge in [-0.1, -0.05) is 23.4 Å². The Bertz CT molecular complexity index is 552. The normalized spacial score (nSPS) is 22.4. The molecule has 0 amide bonds. The zero-order valence-corrected chi connectivity index (χ0v) is 13.9. The van der Waals surface area contributed by atoms with Crippen molar-refractivity contribution in [2.45, 2.75) is 36.8 Å². The highest BCUT2D eigenvalue weighted by Gasteiger charge is 2.45. The van der Waals surface area contributed by atoms with Gasteiger partial charge < -0.3 is 4.74 Å². The van der Waals surface area contributed by atoms with Crippen LogP contribution in [0.4, 0.5) is 8.78 Å². The molecule has 0 unspecified atom stereocenters. The quantitative estimate of drug-likeness (QED) is 0.356. The number of carbonyl (C=O) groups excluding carboxylic acids is 1. The average molecular weight is 351 g/mol. The molecule has 0 bridgehead atoms. The molecule has 0 saturated heterocycles. The summed E-state index contributed by atoms with van der Waals surface area (Å²) in [6.45, 7) is 0. The van der Waals surface area contributed by atoms with Gasteiger partial charge in [0, 0.05) is 12.0 Å². The topological polar surface area (TPSA) is 52.1 Å². The maximum Gasteiger partial charge on any atom is 0.308 e. The van der Waals surface area contributed by atoms with E-state index in [1.807, 2.05) is 0 Å². The molecule has 0 N–H and O–H groups in total. The lowest BCUT2D eigenvalue weighted by molar-refractivity contribution is -0.149. The van der Waals surface area contributed by atoms with E-state index in [0.29, 0.717) is 12.8 Å². The number of esters is 1. The molecule has 1 aliphatic carbocycles. The number of methoxy groups -OCH3 is 1. The molecule has 8 heteroatoms. The van der Waals surface area contributed by atoms with Crippen LogP contribution in [0.2, 0.25) is 5.15 Å². The highest BCUT2D eigenvalue weighted by Crippen LogP contribution is 2.45. The summed E-state index contributed by atoms with van der Waals surface area (Å²) >= 11 is 6.96. The van der Waals surface area contributed by atoms with Crippen molar-refractivity contribution in [1.82, 2.24) is 9.97 Å². The molecular formula is C14H17ClF2N2O2S. The Morgan fingerprint density at radius 1 is 1.36 bits per heavy atom. The van der Waals surface area contributed by atoms with Gasteiger partial charge in [-0.25, -0.2) is 9.97 Å². The molecule has 1 aromatic heterocycles. The number of thioether (sulfide) groups is 1. The van der Waals surface area contributed by atoms with Gasteiger partial charge in [-0.3, -0.25) is 4.79 Å². The first-order valence-electron chi connectivity index (χ1n) is 6.93. The molecule has 0 spiro atoms. The maximum absolute atomic E-state index is 14.7. The summed E-state index contributed by atoms with van der Waals surface area (Å²) in [6.07, 6.45) is 3.02. The van der Waals surface area contributed by atoms with Crippen molar-refractivity contribution in [3.63, 3.8) is 0 Å². The highest BCUT2D eigenvalue weighted by atomic mass is 35.5. The van der Waals surface area contributed by atoms with E-state index >= 15 is 0 Å². The Kier molecular flexibility index (Phi) is 5.60. The number of nitrogens with zero attached hydrogens (tertiary/aromatic N) is 2. The summed E-state index contributed by atoms with van der Waals surface area (Å²) in [7, 11) is 1.32. The minimum absolute atomic E-state index is 0.0114. The summed E-state index contributed by atoms with van der Waals surface area (Å²) in [5, 5.41) is 0.239. The van der Waals surface area contributed by atoms with E-state index in [0.717, 1.165) is 6.07 Å². The van der Waals surface area contributed by atoms with E-state index in [4.69, 9.17) is 11.6 Å². The van der Waals surface area contributed by atoms with Gasteiger partial charge in [-0.05, 0) is 31.9 Å². The summed E-state index contributed by atoms with van der Waals surface area (Å²) in [5.41, 5.74) is -0.349. The third-order valence-electron chi connectivity index (χ3n) is 3.97. The van der Waals surface area contributed by atoms with Crippen LogP contribution in [0.5, 0.6) is 0 Å². The van der Waals surface area contributed by atoms with Gasteiger partial charge in [-0.15, -0.1) is 0 Å². The van der Waals surface area contributed by atoms with Gasteiger partial charge >= 0.3 is 5.97 Å². The van der Waals surface area contributed by atoms with Crippen molar-refractivity contribution in [3.05, 3.63) is 16.9 Å². The number of aromatic nitrogens is 2. The van der Waals surface area contributed by atoms with Crippen LogP contribution >= 0.6 is 23.4 Å². The first-order chi connectivity index (χ1) is 10.4. The van der Waals surface area contributed by atoms with Gasteiger partial charge in [0.1, 0.15) is 10.8 Å². The summed E-state index contributed by atoms with van der Waals surface area (Å²) < 4.78 is 34.0. The van der Waals surface area contributed by atoms with Gasteiger partial charge in [-0.2, -0.15) is 8.78 Å². The zero-order valence-electron chi connectivity index (χ0n) is 12.3. The first kappa shape index (κ1) is 17.4. The highest BCUT2D eigenvalue weighted by molar-refractivity contribution is 7.98. The molecule has 0 radical (unpaired) electrons. The first-order valence-corrected chi connectivity index (χ1v) is 8.53. The smallest absolute Gasteiger partial charge is 0.308 e. The fraction of sp³-hybridized carbons (Fsp3) is 0.643. The van der Waals surface area contributed by atoms with Crippen LogP contribution < -0.4 is 0 Å². The molecule has 1 saturated carbocycles. The lowest BCUT2D eigenvalue weighted by atomic mass is 9.78. The molecular weight excluding hydrogens is 334 g/mol. The van der Waals surface area contributed by atoms with Crippen molar-refractivity contribution in [3.8, 4) is 0 Å². The van der Waals surface area contributed by atoms with Crippen LogP contribution in [0, 0.1) is 11.8 Å². The number of ether oxygens (including phenoxy) is 1. The van der Waals surface area contributed by atoms with E-state index in [2.05, 4.69) is 14.7 Å². The molecule has 1 fully saturated rings. The largest absolute Gasteiger partial charge is 0.469 e. The number of hydrogen-bond donors (Lipinski definition) is 0. The van der Waals surface area contributed by atoms with Crippen LogP contribution in [0.15, 0.2) is 11.2 Å². The lowest BCUT2D eigenvalue weighted by Crippen LogP contribution is -2.33. The van der Waals surface area contributed by atoms with E-state index in [-0.39, 0.29) is 40.7 Å². The Hall–Kier alpha value is -0.950. The van der Waals surface area contributed by atoms with E-state index in [1.54, 1.807) is 6.26 Å². The average Bonchev–Trinajstić information content (AvgIpc) is 2.53. The van der Waals surface area contributed by atoms with E-state index in [9.17, 15) is 13.6 Å². The van der Waals surface area contributed by atoms with Crippen LogP contribution in [-0.2, 0) is 15.5 Å². The molecule has 0 aromatic carbocycles. The fourth-order valence-electron chi connectivity index (χ4n) is 2.73. The van der Waals surface area contributed by atoms with Gasteiger partial charge in [0.15, 0.2) is 5.16 Å². The van der Waals surface area contributed by atoms with E-state index < -0.39 is 11.8 Å². The van der Waals surface area contributed by atoms with Crippen molar-refractivity contribution in [2.75, 3.05) is 13.4 Å². The van der Waals surface area contributed by atoms with E-state index in [1.165, 1.54) is 18.9 Å². The van der Waals surface area contributed by atoms with Crippen LogP contribution in [0.3, 0.4) is 0 Å². The third kappa shape index (κ3) is 3.68. The van der Waals surface area contributed by atoms with Crippen molar-refractivity contribution < 1.29 is 18.3 Å². The molecule has 1 aromatic rings. The summed E-state index contributed by atoms with van der Waals surface area (Å²) in [6, 6.07) is 1.12. The molecule has 2 rings (SSSR count). The van der Waals surface area contributed by atoms with Gasteiger partial charge in [0.2, 0.25) is 0 Å². The predicted octanol–water partition coefficient (Wildman–Crippen LogP) is 3.92. The zero-order chi connectivity index (χ0) is 16.3. The fourth-order valence-corrected chi connectivity index (χ4v) is 3.34. The molecule has 0 aliphatic heterocycles. The molecule has 0 atom stereocenters. The van der Waals surface area contributed by atoms with Crippen molar-refractivity contribution in [1.29, 1.82) is 0 Å². The maximum atomic E-state index is 14.7. The second-order valence-corrected chi connectivity index (χ2v) is 6.42. The molecule has 1 aliphatic rings. The second kappa shape index (κ2) is 7.08. The molecule has 4 nitrogen and oxygen atoms in total. The Labute approximate surface area is 137 Å². The summed E-state index contributed by atoms with van der Waals surface area (Å²) in [5.74, 6) is -4.54. The van der Waals surface area contributed by atoms with Crippen molar-refractivity contribution in [2.24, 2.45) is 11.8 Å². The minimum atomic E-state index is -3.09. The van der Waals surface area contributed by atoms with Gasteiger partial charge in [0.25, 0.3) is 5.92 Å². The number of hydrogen-bond acceptors (Lipinski definition) is 5. The molecule has 122 valence electrons. The second-order valence-electron chi connectivity index (χ2n) is 5.26. The SMILES string of the molecule is COC(=O)C1CCC(C(F)(F)c2cc(Cl)nc(SC)n2)CC1. The van der Waals surface area contributed by atoms with Gasteiger partial charge in [0.05, 0.1) is 13.0 Å². The van der Waals surface area contributed by atoms with Crippen molar-refractivity contribution >= 4 is 29.3 Å². The number of carbonyl (C=O) groups is 1. The van der Waals surface area contributed by atoms with Crippen LogP contribution in [0.1, 0.15) is 31.4 Å². The lowest BCUT2D eigenvalue weighted by Gasteiger charge is -2.32. The monoisotopic (exact) mass is 350 g/mol. The minimum Gasteiger partial charge on any atom is -0.469 e. The Morgan fingerprint density at radius 2 is 2.00 bits per heavy atom. The molecule has 22 heavy (non-hydrogen) atoms. The predicted molar refractivity (Wildman–Crippen MR) is 80.2 cm³/mol. The Morgan fingerprint density at radius 3 is 2.55 bits per heavy atom. The molecule has 1 heterocycles. The van der Waals surface area contributed by atoms with Crippen LogP contribution in [0.25, 0.3) is 0 Å². The third-order valence-corrected chi connectivity index (χ3v) is 4.71. The van der Waals surface area contributed by atoms with Crippen LogP contribution in [-0.4, -0.2) is 29.3 Å². The number of rotatable bonds is 4. The number of alkyl halides is 2. The number of halogens is 3. The Balaban J connectivity index is 2.14. The standard InChI is InChI=1S/C14H17ClF2N2O2S/c1-21-12(20)8-3-5-9(6-4-8)14(16,17)10-7-11(15)19-13(18-10)22-2/h7-9H,3-6H2,1-2H3. The summed E-state index contributed by atoms with van der Waals surface area (Å²) in [4.78, 5) is 19.2.